The molecule has 1 aliphatic heterocycles. The van der Waals surface area contributed by atoms with Gasteiger partial charge in [-0.3, -0.25) is 0 Å². The van der Waals surface area contributed by atoms with Gasteiger partial charge in [0.2, 0.25) is 5.95 Å². The number of morpholine rings is 1. The maximum Gasteiger partial charge on any atom is 0.221 e. The molecule has 5 nitrogen and oxygen atoms in total. The molecule has 2 N–H and O–H groups in total. The van der Waals surface area contributed by atoms with Crippen LogP contribution >= 0.6 is 0 Å². The average molecular weight is 222 g/mol. The molecule has 1 aliphatic rings. The molecular formula is C11H18N4O. The van der Waals surface area contributed by atoms with Crippen LogP contribution < -0.4 is 10.6 Å². The molecule has 2 unspecified atom stereocenters. The predicted molar refractivity (Wildman–Crippen MR) is 63.4 cm³/mol. The first kappa shape index (κ1) is 11.1. The number of hydrogen-bond acceptors (Lipinski definition) is 5. The van der Waals surface area contributed by atoms with E-state index < -0.39 is 0 Å². The number of nitrogen functional groups attached to an aromatic ring is 1. The summed E-state index contributed by atoms with van der Waals surface area (Å²) in [5.74, 6) is 1.25. The lowest BCUT2D eigenvalue weighted by Gasteiger charge is -2.36. The normalized spacial score (nSPS) is 25.8. The van der Waals surface area contributed by atoms with Gasteiger partial charge in [-0.25, -0.2) is 4.98 Å². The van der Waals surface area contributed by atoms with Gasteiger partial charge in [0.1, 0.15) is 5.82 Å². The lowest BCUT2D eigenvalue weighted by atomic mass is 10.2. The van der Waals surface area contributed by atoms with Crippen LogP contribution in [0.3, 0.4) is 0 Å². The van der Waals surface area contributed by atoms with Crippen molar-refractivity contribution in [2.24, 2.45) is 0 Å². The fourth-order valence-corrected chi connectivity index (χ4v) is 2.12. The van der Waals surface area contributed by atoms with E-state index in [4.69, 9.17) is 10.5 Å². The Kier molecular flexibility index (Phi) is 2.96. The zero-order valence-corrected chi connectivity index (χ0v) is 9.97. The van der Waals surface area contributed by atoms with Crippen molar-refractivity contribution in [3.63, 3.8) is 0 Å². The smallest absolute Gasteiger partial charge is 0.221 e. The van der Waals surface area contributed by atoms with Crippen LogP contribution in [0.2, 0.25) is 0 Å². The number of ether oxygens (including phenoxy) is 1. The number of aromatic nitrogens is 2. The average Bonchev–Trinajstić information content (AvgIpc) is 2.20. The van der Waals surface area contributed by atoms with Crippen molar-refractivity contribution in [1.82, 2.24) is 9.97 Å². The van der Waals surface area contributed by atoms with Gasteiger partial charge in [-0.05, 0) is 20.8 Å². The van der Waals surface area contributed by atoms with Crippen LogP contribution in [0.15, 0.2) is 6.20 Å². The fraction of sp³-hybridized carbons (Fsp3) is 0.636. The molecule has 1 saturated heterocycles. The van der Waals surface area contributed by atoms with E-state index in [-0.39, 0.29) is 12.2 Å². The van der Waals surface area contributed by atoms with Crippen LogP contribution in [-0.2, 0) is 4.74 Å². The minimum absolute atomic E-state index is 0.222. The van der Waals surface area contributed by atoms with E-state index in [1.165, 1.54) is 0 Å². The molecule has 0 aliphatic carbocycles. The SMILES string of the molecule is Cc1cnc(N)nc1N1CC(C)OC(C)C1. The van der Waals surface area contributed by atoms with E-state index in [0.29, 0.717) is 5.95 Å². The zero-order chi connectivity index (χ0) is 11.7. The molecule has 1 aromatic rings. The molecule has 88 valence electrons. The summed E-state index contributed by atoms with van der Waals surface area (Å²) in [5.41, 5.74) is 6.67. The van der Waals surface area contributed by atoms with Crippen molar-refractivity contribution in [1.29, 1.82) is 0 Å². The van der Waals surface area contributed by atoms with Crippen LogP contribution in [0.1, 0.15) is 19.4 Å². The second-order valence-electron chi connectivity index (χ2n) is 4.40. The first-order valence-corrected chi connectivity index (χ1v) is 5.56. The number of nitrogens with zero attached hydrogens (tertiary/aromatic N) is 3. The summed E-state index contributed by atoms with van der Waals surface area (Å²) >= 11 is 0. The van der Waals surface area contributed by atoms with Crippen molar-refractivity contribution >= 4 is 11.8 Å². The molecule has 0 bridgehead atoms. The Balaban J connectivity index is 2.25. The van der Waals surface area contributed by atoms with Crippen molar-refractivity contribution in [3.05, 3.63) is 11.8 Å². The molecule has 1 aromatic heterocycles. The number of aryl methyl sites for hydroxylation is 1. The van der Waals surface area contributed by atoms with Gasteiger partial charge in [0.15, 0.2) is 0 Å². The number of nitrogens with two attached hydrogens (primary N) is 1. The van der Waals surface area contributed by atoms with Crippen molar-refractivity contribution in [3.8, 4) is 0 Å². The van der Waals surface area contributed by atoms with Crippen LogP contribution in [0.4, 0.5) is 11.8 Å². The van der Waals surface area contributed by atoms with Crippen LogP contribution in [0.25, 0.3) is 0 Å². The highest BCUT2D eigenvalue weighted by Gasteiger charge is 2.24. The Hall–Kier alpha value is -1.36. The number of rotatable bonds is 1. The first-order chi connectivity index (χ1) is 7.56. The van der Waals surface area contributed by atoms with E-state index >= 15 is 0 Å². The van der Waals surface area contributed by atoms with Gasteiger partial charge in [-0.15, -0.1) is 0 Å². The molecule has 0 spiro atoms. The first-order valence-electron chi connectivity index (χ1n) is 5.56. The molecule has 2 rings (SSSR count). The summed E-state index contributed by atoms with van der Waals surface area (Å²) < 4.78 is 5.69. The Morgan fingerprint density at radius 1 is 1.38 bits per heavy atom. The molecule has 0 aromatic carbocycles. The summed E-state index contributed by atoms with van der Waals surface area (Å²) in [5, 5.41) is 0. The molecule has 2 heterocycles. The van der Waals surface area contributed by atoms with E-state index in [1.54, 1.807) is 6.20 Å². The summed E-state index contributed by atoms with van der Waals surface area (Å²) in [4.78, 5) is 10.5. The molecule has 0 radical (unpaired) electrons. The van der Waals surface area contributed by atoms with Crippen molar-refractivity contribution in [2.75, 3.05) is 23.7 Å². The monoisotopic (exact) mass is 222 g/mol. The molecule has 0 saturated carbocycles. The summed E-state index contributed by atoms with van der Waals surface area (Å²) in [7, 11) is 0. The molecule has 16 heavy (non-hydrogen) atoms. The number of hydrogen-bond donors (Lipinski definition) is 1. The minimum Gasteiger partial charge on any atom is -0.372 e. The van der Waals surface area contributed by atoms with Gasteiger partial charge in [-0.1, -0.05) is 0 Å². The van der Waals surface area contributed by atoms with E-state index in [9.17, 15) is 0 Å². The Morgan fingerprint density at radius 2 is 2.00 bits per heavy atom. The van der Waals surface area contributed by atoms with Gasteiger partial charge in [0, 0.05) is 24.8 Å². The molecule has 1 fully saturated rings. The van der Waals surface area contributed by atoms with Gasteiger partial charge in [0.25, 0.3) is 0 Å². The topological polar surface area (TPSA) is 64.3 Å². The number of anilines is 2. The van der Waals surface area contributed by atoms with Crippen LogP contribution in [0.5, 0.6) is 0 Å². The third kappa shape index (κ3) is 2.24. The maximum atomic E-state index is 5.69. The van der Waals surface area contributed by atoms with Crippen LogP contribution in [0, 0.1) is 6.92 Å². The standard InChI is InChI=1S/C11H18N4O/c1-7-4-13-11(12)14-10(7)15-5-8(2)16-9(3)6-15/h4,8-9H,5-6H2,1-3H3,(H2,12,13,14). The second-order valence-corrected chi connectivity index (χ2v) is 4.40. The van der Waals surface area contributed by atoms with E-state index in [0.717, 1.165) is 24.5 Å². The highest BCUT2D eigenvalue weighted by atomic mass is 16.5. The fourth-order valence-electron chi connectivity index (χ4n) is 2.12. The quantitative estimate of drug-likeness (QED) is 0.767. The molecule has 2 atom stereocenters. The van der Waals surface area contributed by atoms with E-state index in [1.807, 2.05) is 6.92 Å². The highest BCUT2D eigenvalue weighted by Crippen LogP contribution is 2.21. The van der Waals surface area contributed by atoms with Crippen molar-refractivity contribution in [2.45, 2.75) is 33.0 Å². The second kappa shape index (κ2) is 4.25. The Labute approximate surface area is 95.6 Å². The largest absolute Gasteiger partial charge is 0.372 e. The molecular weight excluding hydrogens is 204 g/mol. The predicted octanol–water partition coefficient (Wildman–Crippen LogP) is 0.981. The lowest BCUT2D eigenvalue weighted by molar-refractivity contribution is -0.00549. The van der Waals surface area contributed by atoms with Gasteiger partial charge < -0.3 is 15.4 Å². The Bertz CT molecular complexity index is 372. The van der Waals surface area contributed by atoms with Crippen molar-refractivity contribution < 1.29 is 4.74 Å². The van der Waals surface area contributed by atoms with Gasteiger partial charge >= 0.3 is 0 Å². The summed E-state index contributed by atoms with van der Waals surface area (Å²) in [6.45, 7) is 7.84. The van der Waals surface area contributed by atoms with Crippen LogP contribution in [-0.4, -0.2) is 35.3 Å². The minimum atomic E-state index is 0.222. The zero-order valence-electron chi connectivity index (χ0n) is 9.97. The van der Waals surface area contributed by atoms with Gasteiger partial charge in [0.05, 0.1) is 12.2 Å². The van der Waals surface area contributed by atoms with E-state index in [2.05, 4.69) is 28.7 Å². The Morgan fingerprint density at radius 3 is 2.62 bits per heavy atom. The third-order valence-corrected chi connectivity index (χ3v) is 2.68. The summed E-state index contributed by atoms with van der Waals surface area (Å²) in [6.07, 6.45) is 2.21. The highest BCUT2D eigenvalue weighted by molar-refractivity contribution is 5.48. The van der Waals surface area contributed by atoms with Gasteiger partial charge in [-0.2, -0.15) is 4.98 Å². The summed E-state index contributed by atoms with van der Waals surface area (Å²) in [6, 6.07) is 0. The molecule has 5 heteroatoms. The lowest BCUT2D eigenvalue weighted by Crippen LogP contribution is -2.46. The third-order valence-electron chi connectivity index (χ3n) is 2.68. The molecule has 0 amide bonds. The maximum absolute atomic E-state index is 5.69.